The van der Waals surface area contributed by atoms with Crippen molar-refractivity contribution < 1.29 is 39.9 Å². The molecule has 136 valence electrons. The minimum atomic E-state index is -5.67. The van der Waals surface area contributed by atoms with Crippen molar-refractivity contribution in [2.45, 2.75) is 18.5 Å². The molecule has 0 aliphatic rings. The fourth-order valence-corrected chi connectivity index (χ4v) is 2.71. The molecule has 0 unspecified atom stereocenters. The molecule has 2 aromatic rings. The minimum Gasteiger partial charge on any atom is -0.418 e. The number of alkyl halides is 6. The molecule has 0 saturated carbocycles. The number of para-hydroxylation sites is 2. The van der Waals surface area contributed by atoms with E-state index in [0.29, 0.717) is 0 Å². The van der Waals surface area contributed by atoms with Gasteiger partial charge in [-0.15, -0.1) is 0 Å². The van der Waals surface area contributed by atoms with E-state index in [1.165, 1.54) is 48.5 Å². The molecule has 0 aromatic heterocycles. The highest BCUT2D eigenvalue weighted by molar-refractivity contribution is 7.42. The van der Waals surface area contributed by atoms with Crippen molar-refractivity contribution in [3.8, 4) is 11.5 Å². The first-order chi connectivity index (χ1) is 11.7. The molecule has 0 heterocycles. The largest absolute Gasteiger partial charge is 0.464 e. The summed E-state index contributed by atoms with van der Waals surface area (Å²) in [5.74, 6) is 0.0142. The van der Waals surface area contributed by atoms with Gasteiger partial charge in [-0.2, -0.15) is 26.3 Å². The Morgan fingerprint density at radius 2 is 1.00 bits per heavy atom. The van der Waals surface area contributed by atoms with E-state index in [1.807, 2.05) is 0 Å². The Morgan fingerprint density at radius 3 is 1.32 bits per heavy atom. The van der Waals surface area contributed by atoms with Crippen molar-refractivity contribution >= 4 is 8.60 Å². The molecule has 2 aromatic carbocycles. The maximum atomic E-state index is 12.7. The Bertz CT molecular complexity index is 592. The highest BCUT2D eigenvalue weighted by atomic mass is 31.2. The van der Waals surface area contributed by atoms with Crippen LogP contribution in [0.1, 0.15) is 0 Å². The van der Waals surface area contributed by atoms with Gasteiger partial charge in [0.15, 0.2) is 0 Å². The van der Waals surface area contributed by atoms with E-state index in [0.717, 1.165) is 0 Å². The summed E-state index contributed by atoms with van der Waals surface area (Å²) in [6.45, 7) is 0. The number of rotatable bonds is 6. The third-order valence-electron chi connectivity index (χ3n) is 2.63. The molecule has 0 fully saturated rings. The Kier molecular flexibility index (Phi) is 6.13. The van der Waals surface area contributed by atoms with Crippen molar-refractivity contribution in [1.29, 1.82) is 0 Å². The van der Waals surface area contributed by atoms with Crippen LogP contribution in [-0.2, 0) is 4.52 Å². The molecule has 0 atom stereocenters. The molecule has 0 aliphatic heterocycles. The molecular weight excluding hydrogens is 373 g/mol. The SMILES string of the molecule is FC(F)(F)C(OP(Oc1ccccc1)Oc1ccccc1)C(F)(F)F. The molecule has 0 amide bonds. The van der Waals surface area contributed by atoms with Gasteiger partial charge in [0.1, 0.15) is 11.5 Å². The van der Waals surface area contributed by atoms with Gasteiger partial charge in [-0.1, -0.05) is 36.4 Å². The van der Waals surface area contributed by atoms with E-state index in [-0.39, 0.29) is 11.5 Å². The minimum absolute atomic E-state index is 0.00708. The van der Waals surface area contributed by atoms with E-state index in [9.17, 15) is 26.3 Å². The molecule has 0 N–H and O–H groups in total. The van der Waals surface area contributed by atoms with Crippen molar-refractivity contribution in [3.63, 3.8) is 0 Å². The quantitative estimate of drug-likeness (QED) is 0.460. The predicted molar refractivity (Wildman–Crippen MR) is 78.0 cm³/mol. The van der Waals surface area contributed by atoms with E-state index < -0.39 is 27.1 Å². The first-order valence-corrected chi connectivity index (χ1v) is 7.82. The summed E-state index contributed by atoms with van der Waals surface area (Å²) in [5.41, 5.74) is 0. The van der Waals surface area contributed by atoms with Crippen molar-refractivity contribution in [2.24, 2.45) is 0 Å². The highest BCUT2D eigenvalue weighted by Gasteiger charge is 2.60. The lowest BCUT2D eigenvalue weighted by Crippen LogP contribution is -2.43. The van der Waals surface area contributed by atoms with Crippen LogP contribution in [0.25, 0.3) is 0 Å². The lowest BCUT2D eigenvalue weighted by molar-refractivity contribution is -0.301. The summed E-state index contributed by atoms with van der Waals surface area (Å²) < 4.78 is 90.5. The second-order valence-electron chi connectivity index (χ2n) is 4.60. The van der Waals surface area contributed by atoms with Gasteiger partial charge in [0.25, 0.3) is 6.10 Å². The molecule has 25 heavy (non-hydrogen) atoms. The molecule has 2 rings (SSSR count). The van der Waals surface area contributed by atoms with Gasteiger partial charge in [0.2, 0.25) is 0 Å². The molecule has 0 spiro atoms. The summed E-state index contributed by atoms with van der Waals surface area (Å²) in [7, 11) is -3.02. The molecule has 0 aliphatic carbocycles. The first-order valence-electron chi connectivity index (χ1n) is 6.72. The van der Waals surface area contributed by atoms with E-state index in [4.69, 9.17) is 9.05 Å². The Labute approximate surface area is 140 Å². The average molecular weight is 384 g/mol. The van der Waals surface area contributed by atoms with Crippen LogP contribution in [0.5, 0.6) is 11.5 Å². The number of hydrogen-bond acceptors (Lipinski definition) is 3. The van der Waals surface area contributed by atoms with Crippen LogP contribution >= 0.6 is 8.60 Å². The maximum Gasteiger partial charge on any atom is 0.464 e. The van der Waals surface area contributed by atoms with Crippen LogP contribution < -0.4 is 9.05 Å². The van der Waals surface area contributed by atoms with Gasteiger partial charge in [-0.3, -0.25) is 4.52 Å². The lowest BCUT2D eigenvalue weighted by Gasteiger charge is -2.26. The van der Waals surface area contributed by atoms with Gasteiger partial charge in [0.05, 0.1) is 0 Å². The van der Waals surface area contributed by atoms with E-state index >= 15 is 0 Å². The van der Waals surface area contributed by atoms with Crippen molar-refractivity contribution in [1.82, 2.24) is 0 Å². The number of halogens is 6. The molecule has 0 bridgehead atoms. The van der Waals surface area contributed by atoms with Crippen LogP contribution in [0.3, 0.4) is 0 Å². The van der Waals surface area contributed by atoms with Gasteiger partial charge < -0.3 is 9.05 Å². The van der Waals surface area contributed by atoms with E-state index in [1.54, 1.807) is 12.1 Å². The van der Waals surface area contributed by atoms with Crippen LogP contribution in [0, 0.1) is 0 Å². The van der Waals surface area contributed by atoms with Gasteiger partial charge in [-0.25, -0.2) is 0 Å². The fraction of sp³-hybridized carbons (Fsp3) is 0.200. The standard InChI is InChI=1S/C15H11F6O3P/c16-14(17,18)13(15(19,20)21)24-25(22-11-7-3-1-4-8-11)23-12-9-5-2-6-10-12/h1-10,13H. The summed E-state index contributed by atoms with van der Waals surface area (Å²) in [6, 6.07) is 14.6. The number of hydrogen-bond donors (Lipinski definition) is 0. The van der Waals surface area contributed by atoms with E-state index in [2.05, 4.69) is 4.52 Å². The first kappa shape index (κ1) is 19.3. The molecule has 0 radical (unpaired) electrons. The Balaban J connectivity index is 2.23. The normalized spacial score (nSPS) is 12.5. The zero-order valence-corrected chi connectivity index (χ0v) is 13.2. The predicted octanol–water partition coefficient (Wildman–Crippen LogP) is 5.88. The molecular formula is C15H11F6O3P. The van der Waals surface area contributed by atoms with Crippen molar-refractivity contribution in [2.75, 3.05) is 0 Å². The summed E-state index contributed by atoms with van der Waals surface area (Å²) in [6.07, 6.45) is -15.4. The zero-order valence-electron chi connectivity index (χ0n) is 12.3. The summed E-state index contributed by atoms with van der Waals surface area (Å²) in [5, 5.41) is 0. The molecule has 0 saturated heterocycles. The Morgan fingerprint density at radius 1 is 0.640 bits per heavy atom. The Hall–Kier alpha value is -1.99. The van der Waals surface area contributed by atoms with Gasteiger partial charge >= 0.3 is 21.0 Å². The topological polar surface area (TPSA) is 27.7 Å². The number of benzene rings is 2. The highest BCUT2D eigenvalue weighted by Crippen LogP contribution is 2.48. The molecule has 3 nitrogen and oxygen atoms in total. The lowest BCUT2D eigenvalue weighted by atomic mass is 10.3. The second-order valence-corrected chi connectivity index (χ2v) is 5.62. The van der Waals surface area contributed by atoms with Crippen LogP contribution in [0.4, 0.5) is 26.3 Å². The van der Waals surface area contributed by atoms with Crippen LogP contribution in [0.15, 0.2) is 60.7 Å². The monoisotopic (exact) mass is 384 g/mol. The third kappa shape index (κ3) is 6.10. The fourth-order valence-electron chi connectivity index (χ4n) is 1.59. The molecule has 10 heteroatoms. The summed E-state index contributed by atoms with van der Waals surface area (Å²) >= 11 is 0. The van der Waals surface area contributed by atoms with Crippen LogP contribution in [0.2, 0.25) is 0 Å². The van der Waals surface area contributed by atoms with Crippen molar-refractivity contribution in [3.05, 3.63) is 60.7 Å². The average Bonchev–Trinajstić information content (AvgIpc) is 2.52. The van der Waals surface area contributed by atoms with Gasteiger partial charge in [-0.05, 0) is 24.3 Å². The smallest absolute Gasteiger partial charge is 0.418 e. The van der Waals surface area contributed by atoms with Crippen LogP contribution in [-0.4, -0.2) is 18.5 Å². The third-order valence-corrected chi connectivity index (χ3v) is 3.74. The summed E-state index contributed by atoms with van der Waals surface area (Å²) in [4.78, 5) is 0. The maximum absolute atomic E-state index is 12.7. The second kappa shape index (κ2) is 7.93. The zero-order chi connectivity index (χ0) is 18.5. The van der Waals surface area contributed by atoms with Gasteiger partial charge in [0, 0.05) is 0 Å².